The SMILES string of the molecule is CSCc1ccc(C(=O)NC2CCCC2CO)o1. The van der Waals surface area contributed by atoms with Crippen LogP contribution in [0.2, 0.25) is 0 Å². The van der Waals surface area contributed by atoms with Crippen LogP contribution >= 0.6 is 11.8 Å². The van der Waals surface area contributed by atoms with E-state index in [0.717, 1.165) is 30.8 Å². The Kier molecular flexibility index (Phi) is 4.72. The number of hydrogen-bond acceptors (Lipinski definition) is 4. The second kappa shape index (κ2) is 6.29. The first-order valence-electron chi connectivity index (χ1n) is 6.24. The third kappa shape index (κ3) is 3.09. The van der Waals surface area contributed by atoms with E-state index in [9.17, 15) is 9.90 Å². The van der Waals surface area contributed by atoms with Gasteiger partial charge in [-0.3, -0.25) is 4.79 Å². The number of amides is 1. The number of aliphatic hydroxyl groups excluding tert-OH is 1. The van der Waals surface area contributed by atoms with Gasteiger partial charge in [-0.15, -0.1) is 0 Å². The molecule has 18 heavy (non-hydrogen) atoms. The molecule has 2 atom stereocenters. The quantitative estimate of drug-likeness (QED) is 0.858. The van der Waals surface area contributed by atoms with Gasteiger partial charge in [0.15, 0.2) is 5.76 Å². The fourth-order valence-electron chi connectivity index (χ4n) is 2.40. The van der Waals surface area contributed by atoms with Crippen LogP contribution < -0.4 is 5.32 Å². The lowest BCUT2D eigenvalue weighted by Crippen LogP contribution is -2.38. The molecule has 0 saturated heterocycles. The maximum Gasteiger partial charge on any atom is 0.287 e. The Hall–Kier alpha value is -0.940. The van der Waals surface area contributed by atoms with Crippen molar-refractivity contribution in [2.75, 3.05) is 12.9 Å². The molecule has 2 rings (SSSR count). The predicted molar refractivity (Wildman–Crippen MR) is 71.6 cm³/mol. The molecule has 1 fully saturated rings. The molecular weight excluding hydrogens is 250 g/mol. The van der Waals surface area contributed by atoms with Gasteiger partial charge in [-0.2, -0.15) is 11.8 Å². The van der Waals surface area contributed by atoms with E-state index in [2.05, 4.69) is 5.32 Å². The van der Waals surface area contributed by atoms with Gasteiger partial charge in [0, 0.05) is 18.6 Å². The van der Waals surface area contributed by atoms with Crippen molar-refractivity contribution < 1.29 is 14.3 Å². The Morgan fingerprint density at radius 2 is 2.39 bits per heavy atom. The zero-order valence-electron chi connectivity index (χ0n) is 10.5. The van der Waals surface area contributed by atoms with E-state index >= 15 is 0 Å². The summed E-state index contributed by atoms with van der Waals surface area (Å²) in [5, 5.41) is 12.2. The number of rotatable bonds is 5. The summed E-state index contributed by atoms with van der Waals surface area (Å²) in [5.41, 5.74) is 0. The standard InChI is InChI=1S/C13H19NO3S/c1-18-8-10-5-6-12(17-10)13(16)14-11-4-2-3-9(11)7-15/h5-6,9,11,15H,2-4,7-8H2,1H3,(H,14,16). The van der Waals surface area contributed by atoms with Gasteiger partial charge in [0.25, 0.3) is 5.91 Å². The minimum atomic E-state index is -0.173. The molecule has 0 aliphatic heterocycles. The van der Waals surface area contributed by atoms with Gasteiger partial charge < -0.3 is 14.8 Å². The first kappa shape index (κ1) is 13.5. The number of thioether (sulfide) groups is 1. The van der Waals surface area contributed by atoms with Crippen LogP contribution in [0.5, 0.6) is 0 Å². The highest BCUT2D eigenvalue weighted by molar-refractivity contribution is 7.97. The highest BCUT2D eigenvalue weighted by Crippen LogP contribution is 2.25. The molecule has 1 saturated carbocycles. The number of nitrogens with one attached hydrogen (secondary N) is 1. The van der Waals surface area contributed by atoms with Crippen LogP contribution in [0.1, 0.15) is 35.6 Å². The lowest BCUT2D eigenvalue weighted by atomic mass is 10.1. The largest absolute Gasteiger partial charge is 0.455 e. The minimum Gasteiger partial charge on any atom is -0.455 e. The van der Waals surface area contributed by atoms with E-state index < -0.39 is 0 Å². The lowest BCUT2D eigenvalue weighted by molar-refractivity contribution is 0.0886. The number of carbonyl (C=O) groups excluding carboxylic acids is 1. The Bertz CT molecular complexity index is 405. The zero-order chi connectivity index (χ0) is 13.0. The van der Waals surface area contributed by atoms with E-state index in [1.807, 2.05) is 12.3 Å². The van der Waals surface area contributed by atoms with Crippen LogP contribution in [0.15, 0.2) is 16.5 Å². The molecule has 0 radical (unpaired) electrons. The number of hydrogen-bond donors (Lipinski definition) is 2. The number of carbonyl (C=O) groups is 1. The lowest BCUT2D eigenvalue weighted by Gasteiger charge is -2.18. The van der Waals surface area contributed by atoms with E-state index in [1.54, 1.807) is 17.8 Å². The molecule has 1 aliphatic rings. The van der Waals surface area contributed by atoms with Gasteiger partial charge in [-0.1, -0.05) is 6.42 Å². The summed E-state index contributed by atoms with van der Waals surface area (Å²) >= 11 is 1.66. The minimum absolute atomic E-state index is 0.0802. The number of aliphatic hydroxyl groups is 1. The first-order valence-corrected chi connectivity index (χ1v) is 7.63. The van der Waals surface area contributed by atoms with Crippen LogP contribution in [0.4, 0.5) is 0 Å². The van der Waals surface area contributed by atoms with E-state index in [0.29, 0.717) is 5.76 Å². The highest BCUT2D eigenvalue weighted by Gasteiger charge is 2.28. The third-order valence-electron chi connectivity index (χ3n) is 3.38. The summed E-state index contributed by atoms with van der Waals surface area (Å²) < 4.78 is 5.47. The van der Waals surface area contributed by atoms with Crippen molar-refractivity contribution in [2.45, 2.75) is 31.1 Å². The van der Waals surface area contributed by atoms with Crippen molar-refractivity contribution >= 4 is 17.7 Å². The Morgan fingerprint density at radius 3 is 3.11 bits per heavy atom. The predicted octanol–water partition coefficient (Wildman–Crippen LogP) is 2.03. The molecule has 1 heterocycles. The van der Waals surface area contributed by atoms with E-state index in [1.165, 1.54) is 0 Å². The molecule has 4 nitrogen and oxygen atoms in total. The maximum atomic E-state index is 12.0. The molecule has 1 aromatic rings. The smallest absolute Gasteiger partial charge is 0.287 e. The van der Waals surface area contributed by atoms with Crippen molar-refractivity contribution in [3.05, 3.63) is 23.7 Å². The Balaban J connectivity index is 1.94. The molecule has 1 amide bonds. The van der Waals surface area contributed by atoms with Crippen molar-refractivity contribution in [3.63, 3.8) is 0 Å². The summed E-state index contributed by atoms with van der Waals surface area (Å²) in [5.74, 6) is 1.97. The Labute approximate surface area is 111 Å². The second-order valence-electron chi connectivity index (χ2n) is 4.65. The van der Waals surface area contributed by atoms with Gasteiger partial charge in [0.1, 0.15) is 5.76 Å². The molecule has 100 valence electrons. The Morgan fingerprint density at radius 1 is 1.56 bits per heavy atom. The van der Waals surface area contributed by atoms with Crippen LogP contribution in [-0.2, 0) is 5.75 Å². The summed E-state index contributed by atoms with van der Waals surface area (Å²) in [6.45, 7) is 0.140. The van der Waals surface area contributed by atoms with Gasteiger partial charge in [0.2, 0.25) is 0 Å². The van der Waals surface area contributed by atoms with E-state index in [-0.39, 0.29) is 24.5 Å². The molecular formula is C13H19NO3S. The molecule has 1 aliphatic carbocycles. The summed E-state index contributed by atoms with van der Waals surface area (Å²) in [7, 11) is 0. The molecule has 0 spiro atoms. The van der Waals surface area contributed by atoms with Crippen LogP contribution in [0.25, 0.3) is 0 Å². The summed E-state index contributed by atoms with van der Waals surface area (Å²) in [4.78, 5) is 12.0. The molecule has 1 aromatic heterocycles. The number of furan rings is 1. The van der Waals surface area contributed by atoms with Crippen molar-refractivity contribution in [2.24, 2.45) is 5.92 Å². The maximum absolute atomic E-state index is 12.0. The van der Waals surface area contributed by atoms with Gasteiger partial charge in [-0.05, 0) is 31.2 Å². The van der Waals surface area contributed by atoms with Crippen LogP contribution in [0, 0.1) is 5.92 Å². The molecule has 0 bridgehead atoms. The van der Waals surface area contributed by atoms with E-state index in [4.69, 9.17) is 4.42 Å². The normalized spacial score (nSPS) is 23.2. The van der Waals surface area contributed by atoms with Crippen molar-refractivity contribution in [1.82, 2.24) is 5.32 Å². The van der Waals surface area contributed by atoms with Gasteiger partial charge in [-0.25, -0.2) is 0 Å². The molecule has 0 aromatic carbocycles. The zero-order valence-corrected chi connectivity index (χ0v) is 11.3. The average Bonchev–Trinajstić information content (AvgIpc) is 2.98. The molecule has 2 unspecified atom stereocenters. The fraction of sp³-hybridized carbons (Fsp3) is 0.615. The average molecular weight is 269 g/mol. The topological polar surface area (TPSA) is 62.5 Å². The van der Waals surface area contributed by atoms with Crippen molar-refractivity contribution in [3.8, 4) is 0 Å². The third-order valence-corrected chi connectivity index (χ3v) is 3.96. The van der Waals surface area contributed by atoms with Crippen molar-refractivity contribution in [1.29, 1.82) is 0 Å². The van der Waals surface area contributed by atoms with Crippen LogP contribution in [-0.4, -0.2) is 29.9 Å². The molecule has 5 heteroatoms. The first-order chi connectivity index (χ1) is 8.74. The van der Waals surface area contributed by atoms with Gasteiger partial charge >= 0.3 is 0 Å². The van der Waals surface area contributed by atoms with Gasteiger partial charge in [0.05, 0.1) is 5.75 Å². The highest BCUT2D eigenvalue weighted by atomic mass is 32.2. The summed E-state index contributed by atoms with van der Waals surface area (Å²) in [6.07, 6.45) is 4.98. The molecule has 2 N–H and O–H groups in total. The monoisotopic (exact) mass is 269 g/mol. The van der Waals surface area contributed by atoms with Crippen LogP contribution in [0.3, 0.4) is 0 Å². The second-order valence-corrected chi connectivity index (χ2v) is 5.52. The fourth-order valence-corrected chi connectivity index (χ4v) is 2.84. The summed E-state index contributed by atoms with van der Waals surface area (Å²) in [6, 6.07) is 3.63.